The summed E-state index contributed by atoms with van der Waals surface area (Å²) in [4.78, 5) is 15.5. The van der Waals surface area contributed by atoms with Crippen LogP contribution in [0.5, 0.6) is 5.75 Å². The molecule has 26 heavy (non-hydrogen) atoms. The van der Waals surface area contributed by atoms with Crippen LogP contribution in [-0.4, -0.2) is 30.1 Å². The van der Waals surface area contributed by atoms with Crippen LogP contribution in [0.2, 0.25) is 0 Å². The summed E-state index contributed by atoms with van der Waals surface area (Å²) in [5.41, 5.74) is 9.31. The summed E-state index contributed by atoms with van der Waals surface area (Å²) in [6.07, 6.45) is -3.51. The fraction of sp³-hybridized carbons (Fsp3) is 0.267. The van der Waals surface area contributed by atoms with Gasteiger partial charge in [-0.05, 0) is 25.1 Å². The highest BCUT2D eigenvalue weighted by Crippen LogP contribution is 2.25. The van der Waals surface area contributed by atoms with Gasteiger partial charge >= 0.3 is 12.3 Å². The van der Waals surface area contributed by atoms with Gasteiger partial charge in [0.1, 0.15) is 5.75 Å². The van der Waals surface area contributed by atoms with Gasteiger partial charge in [-0.1, -0.05) is 0 Å². The van der Waals surface area contributed by atoms with E-state index in [1.54, 1.807) is 12.3 Å². The molecule has 2 rings (SSSR count). The minimum atomic E-state index is -4.79. The molecule has 0 fully saturated rings. The first kappa shape index (κ1) is 19.5. The number of alkyl halides is 3. The first-order valence-electron chi connectivity index (χ1n) is 7.31. The lowest BCUT2D eigenvalue weighted by Crippen LogP contribution is -2.17. The number of ether oxygens (including phenoxy) is 2. The Morgan fingerprint density at radius 1 is 1.46 bits per heavy atom. The van der Waals surface area contributed by atoms with Crippen molar-refractivity contribution in [2.24, 2.45) is 5.10 Å². The van der Waals surface area contributed by atoms with E-state index >= 15 is 0 Å². The number of rotatable bonds is 7. The number of hydrazone groups is 1. The van der Waals surface area contributed by atoms with E-state index in [1.165, 1.54) is 23.6 Å². The molecule has 0 aliphatic rings. The van der Waals surface area contributed by atoms with Crippen molar-refractivity contribution in [3.63, 3.8) is 0 Å². The van der Waals surface area contributed by atoms with Crippen molar-refractivity contribution in [2.75, 3.05) is 17.8 Å². The smallest absolute Gasteiger partial charge is 0.466 e. The zero-order valence-electron chi connectivity index (χ0n) is 13.5. The molecule has 7 nitrogen and oxygen atoms in total. The van der Waals surface area contributed by atoms with Gasteiger partial charge in [-0.3, -0.25) is 10.2 Å². The third-order valence-corrected chi connectivity index (χ3v) is 3.63. The molecular formula is C15H15F3N4O3S. The van der Waals surface area contributed by atoms with Crippen LogP contribution in [0.3, 0.4) is 0 Å². The van der Waals surface area contributed by atoms with Gasteiger partial charge in [-0.15, -0.1) is 24.5 Å². The second kappa shape index (κ2) is 8.52. The molecule has 0 saturated carbocycles. The fourth-order valence-corrected chi connectivity index (χ4v) is 2.48. The lowest BCUT2D eigenvalue weighted by atomic mass is 10.2. The van der Waals surface area contributed by atoms with E-state index in [1.807, 2.05) is 0 Å². The Balaban J connectivity index is 1.99. The summed E-state index contributed by atoms with van der Waals surface area (Å²) < 4.78 is 45.4. The molecule has 0 amide bonds. The monoisotopic (exact) mass is 388 g/mol. The average molecular weight is 388 g/mol. The van der Waals surface area contributed by atoms with Crippen molar-refractivity contribution in [3.8, 4) is 5.75 Å². The van der Waals surface area contributed by atoms with E-state index in [-0.39, 0.29) is 30.2 Å². The molecule has 3 N–H and O–H groups in total. The van der Waals surface area contributed by atoms with Gasteiger partial charge in [-0.2, -0.15) is 5.10 Å². The Bertz CT molecular complexity index is 793. The number of nitrogens with zero attached hydrogens (tertiary/aromatic N) is 2. The van der Waals surface area contributed by atoms with Crippen LogP contribution in [0, 0.1) is 0 Å². The number of carbonyl (C=O) groups excluding carboxylic acids is 1. The van der Waals surface area contributed by atoms with Crippen LogP contribution < -0.4 is 15.9 Å². The number of carbonyl (C=O) groups is 1. The maximum Gasteiger partial charge on any atom is 0.573 e. The molecule has 0 unspecified atom stereocenters. The number of esters is 1. The van der Waals surface area contributed by atoms with E-state index in [0.717, 1.165) is 12.1 Å². The van der Waals surface area contributed by atoms with Gasteiger partial charge in [-0.25, -0.2) is 4.98 Å². The summed E-state index contributed by atoms with van der Waals surface area (Å²) in [7, 11) is 0. The van der Waals surface area contributed by atoms with Crippen LogP contribution in [0.25, 0.3) is 0 Å². The molecule has 0 radical (unpaired) electrons. The Morgan fingerprint density at radius 3 is 2.92 bits per heavy atom. The highest BCUT2D eigenvalue weighted by atomic mass is 32.1. The topological polar surface area (TPSA) is 98.8 Å². The molecule has 0 spiro atoms. The van der Waals surface area contributed by atoms with Gasteiger partial charge in [0.25, 0.3) is 0 Å². The van der Waals surface area contributed by atoms with E-state index < -0.39 is 12.1 Å². The van der Waals surface area contributed by atoms with Crippen LogP contribution in [-0.2, 0) is 16.0 Å². The first-order valence-corrected chi connectivity index (χ1v) is 8.19. The predicted octanol–water partition coefficient (Wildman–Crippen LogP) is 3.18. The number of hydrogen-bond acceptors (Lipinski definition) is 8. The van der Waals surface area contributed by atoms with Gasteiger partial charge in [0.2, 0.25) is 5.13 Å². The van der Waals surface area contributed by atoms with Gasteiger partial charge in [0.15, 0.2) is 0 Å². The Labute approximate surface area is 150 Å². The van der Waals surface area contributed by atoms with Crippen LogP contribution in [0.15, 0.2) is 28.7 Å². The highest BCUT2D eigenvalue weighted by molar-refractivity contribution is 7.13. The maximum absolute atomic E-state index is 12.2. The van der Waals surface area contributed by atoms with E-state index in [4.69, 9.17) is 10.5 Å². The summed E-state index contributed by atoms with van der Waals surface area (Å²) in [6, 6.07) is 3.50. The quantitative estimate of drug-likeness (QED) is 0.327. The molecule has 0 atom stereocenters. The number of nitrogens with two attached hydrogens (primary N) is 1. The zero-order chi connectivity index (χ0) is 19.2. The minimum absolute atomic E-state index is 0.0412. The second-order valence-electron chi connectivity index (χ2n) is 4.83. The number of thiazole rings is 1. The van der Waals surface area contributed by atoms with Gasteiger partial charge in [0, 0.05) is 16.6 Å². The number of halogens is 3. The lowest BCUT2D eigenvalue weighted by molar-refractivity contribution is -0.274. The summed E-state index contributed by atoms with van der Waals surface area (Å²) in [5, 5.41) is 5.95. The summed E-state index contributed by atoms with van der Waals surface area (Å²) in [5.74, 6) is -0.791. The molecule has 0 bridgehead atoms. The van der Waals surface area contributed by atoms with E-state index in [2.05, 4.69) is 20.2 Å². The van der Waals surface area contributed by atoms with Gasteiger partial charge in [0.05, 0.1) is 24.9 Å². The van der Waals surface area contributed by atoms with Crippen molar-refractivity contribution < 1.29 is 27.4 Å². The molecular weight excluding hydrogens is 373 g/mol. The minimum Gasteiger partial charge on any atom is -0.466 e. The lowest BCUT2D eigenvalue weighted by Gasteiger charge is -2.10. The normalized spacial score (nSPS) is 11.5. The largest absolute Gasteiger partial charge is 0.573 e. The number of nitrogens with one attached hydrogen (secondary N) is 1. The molecule has 1 aromatic carbocycles. The third-order valence-electron chi connectivity index (χ3n) is 2.84. The van der Waals surface area contributed by atoms with Crippen LogP contribution in [0.4, 0.5) is 24.0 Å². The van der Waals surface area contributed by atoms with E-state index in [9.17, 15) is 18.0 Å². The van der Waals surface area contributed by atoms with Crippen molar-refractivity contribution in [1.82, 2.24) is 4.98 Å². The summed E-state index contributed by atoms with van der Waals surface area (Å²) >= 11 is 1.21. The predicted molar refractivity (Wildman–Crippen MR) is 91.2 cm³/mol. The van der Waals surface area contributed by atoms with Crippen LogP contribution >= 0.6 is 11.3 Å². The SMILES string of the molecule is CCOC(=O)Cc1csc(NN=Cc2cc(OC(F)(F)F)ccc2N)n1. The standard InChI is InChI=1S/C15H15F3N4O3S/c1-2-24-13(23)6-10-8-26-14(21-10)22-20-7-9-5-11(3-4-12(9)19)25-15(16,17)18/h3-5,7-8H,2,6,19H2,1H3,(H,21,22). The number of nitrogen functional groups attached to an aromatic ring is 1. The molecule has 140 valence electrons. The van der Waals surface area contributed by atoms with E-state index in [0.29, 0.717) is 10.8 Å². The molecule has 1 aromatic heterocycles. The highest BCUT2D eigenvalue weighted by Gasteiger charge is 2.31. The second-order valence-corrected chi connectivity index (χ2v) is 5.69. The van der Waals surface area contributed by atoms with Crippen molar-refractivity contribution in [2.45, 2.75) is 19.7 Å². The van der Waals surface area contributed by atoms with Crippen molar-refractivity contribution in [3.05, 3.63) is 34.8 Å². The third kappa shape index (κ3) is 6.24. The molecule has 0 aliphatic heterocycles. The molecule has 0 saturated heterocycles. The number of aromatic nitrogens is 1. The van der Waals surface area contributed by atoms with Crippen molar-refractivity contribution >= 4 is 34.3 Å². The molecule has 11 heteroatoms. The number of benzene rings is 1. The first-order chi connectivity index (χ1) is 12.3. The van der Waals surface area contributed by atoms with Crippen LogP contribution in [0.1, 0.15) is 18.2 Å². The molecule has 2 aromatic rings. The Morgan fingerprint density at radius 2 is 2.23 bits per heavy atom. The summed E-state index contributed by atoms with van der Waals surface area (Å²) in [6.45, 7) is 2.00. The zero-order valence-corrected chi connectivity index (χ0v) is 14.4. The van der Waals surface area contributed by atoms with Gasteiger partial charge < -0.3 is 15.2 Å². The van der Waals surface area contributed by atoms with Crippen molar-refractivity contribution in [1.29, 1.82) is 0 Å². The maximum atomic E-state index is 12.2. The average Bonchev–Trinajstić information content (AvgIpc) is 2.96. The Hall–Kier alpha value is -2.82. The number of hydrogen-bond donors (Lipinski definition) is 2. The fourth-order valence-electron chi connectivity index (χ4n) is 1.82. The molecule has 0 aliphatic carbocycles. The Kier molecular flexibility index (Phi) is 6.39. The molecule has 1 heterocycles. The number of anilines is 2.